The predicted molar refractivity (Wildman–Crippen MR) is 121 cm³/mol. The number of fused-ring (bicyclic) bond motifs is 2. The van der Waals surface area contributed by atoms with Gasteiger partial charge in [0.2, 0.25) is 0 Å². The fourth-order valence-corrected chi connectivity index (χ4v) is 3.99. The normalized spacial score (nSPS) is 17.0. The third-order valence-corrected chi connectivity index (χ3v) is 5.43. The lowest BCUT2D eigenvalue weighted by atomic mass is 9.79. The molecule has 1 aliphatic rings. The van der Waals surface area contributed by atoms with Gasteiger partial charge < -0.3 is 51.9 Å². The number of phenols is 2. The summed E-state index contributed by atoms with van der Waals surface area (Å²) in [6.45, 7) is 3.17. The molecule has 2 unspecified atom stereocenters. The number of anilines is 2. The summed E-state index contributed by atoms with van der Waals surface area (Å²) in [5, 5.41) is 73.5. The Morgan fingerprint density at radius 2 is 0.969 bits per heavy atom. The summed E-state index contributed by atoms with van der Waals surface area (Å²) in [5.74, 6) is -0.422. The quantitative estimate of drug-likeness (QED) is 0.152. The van der Waals surface area contributed by atoms with Gasteiger partial charge >= 0.3 is 0 Å². The first-order valence-electron chi connectivity index (χ1n) is 10.7. The van der Waals surface area contributed by atoms with Crippen LogP contribution < -0.4 is 21.3 Å². The van der Waals surface area contributed by atoms with Crippen molar-refractivity contribution in [1.29, 1.82) is 0 Å². The Morgan fingerprint density at radius 3 is 1.34 bits per heavy atom. The van der Waals surface area contributed by atoms with Crippen molar-refractivity contribution in [3.63, 3.8) is 0 Å². The number of aliphatic hydroxyl groups is 4. The Hall–Kier alpha value is -2.60. The van der Waals surface area contributed by atoms with E-state index < -0.39 is 12.2 Å². The summed E-state index contributed by atoms with van der Waals surface area (Å²) >= 11 is 0. The summed E-state index contributed by atoms with van der Waals surface area (Å²) in [7, 11) is 0. The van der Waals surface area contributed by atoms with E-state index in [0.29, 0.717) is 61.8 Å². The van der Waals surface area contributed by atoms with Gasteiger partial charge in [0.1, 0.15) is 23.7 Å². The Labute approximate surface area is 186 Å². The van der Waals surface area contributed by atoms with Crippen LogP contribution in [0.4, 0.5) is 11.4 Å². The topological polar surface area (TPSA) is 169 Å². The van der Waals surface area contributed by atoms with Crippen LogP contribution in [0.2, 0.25) is 0 Å². The van der Waals surface area contributed by atoms with E-state index in [2.05, 4.69) is 21.3 Å². The molecule has 32 heavy (non-hydrogen) atoms. The van der Waals surface area contributed by atoms with E-state index in [9.17, 15) is 20.4 Å². The highest BCUT2D eigenvalue weighted by Gasteiger charge is 2.38. The van der Waals surface area contributed by atoms with Crippen molar-refractivity contribution in [3.05, 3.63) is 46.5 Å². The first kappa shape index (κ1) is 24.1. The predicted octanol–water partition coefficient (Wildman–Crippen LogP) is -0.438. The summed E-state index contributed by atoms with van der Waals surface area (Å²) in [6.07, 6.45) is -2.53. The zero-order valence-corrected chi connectivity index (χ0v) is 17.8. The van der Waals surface area contributed by atoms with Crippen molar-refractivity contribution >= 4 is 11.4 Å². The molecule has 10 N–H and O–H groups in total. The molecule has 0 saturated carbocycles. The maximum absolute atomic E-state index is 11.2. The first-order chi connectivity index (χ1) is 15.5. The maximum Gasteiger partial charge on any atom is 0.122 e. The second-order valence-electron chi connectivity index (χ2n) is 7.53. The van der Waals surface area contributed by atoms with E-state index >= 15 is 0 Å². The van der Waals surface area contributed by atoms with Gasteiger partial charge in [0.15, 0.2) is 0 Å². The van der Waals surface area contributed by atoms with Crippen molar-refractivity contribution in [3.8, 4) is 11.5 Å². The lowest BCUT2D eigenvalue weighted by Crippen LogP contribution is -2.27. The van der Waals surface area contributed by atoms with Crippen LogP contribution in [-0.4, -0.2) is 83.1 Å². The fraction of sp³-hybridized carbons (Fsp3) is 0.455. The second-order valence-corrected chi connectivity index (χ2v) is 7.53. The van der Waals surface area contributed by atoms with Crippen LogP contribution in [0.1, 0.15) is 34.5 Å². The average molecular weight is 449 g/mol. The van der Waals surface area contributed by atoms with Gasteiger partial charge in [0, 0.05) is 72.9 Å². The molecule has 1 aliphatic carbocycles. The highest BCUT2D eigenvalue weighted by atomic mass is 16.3. The van der Waals surface area contributed by atoms with Crippen molar-refractivity contribution in [2.75, 3.05) is 63.1 Å². The molecule has 0 heterocycles. The molecule has 0 fully saturated rings. The molecule has 0 saturated heterocycles. The number of aromatic hydroxyl groups is 2. The Balaban J connectivity index is 1.95. The van der Waals surface area contributed by atoms with Crippen molar-refractivity contribution < 1.29 is 30.6 Å². The van der Waals surface area contributed by atoms with Gasteiger partial charge in [-0.05, 0) is 24.3 Å². The molecular weight excluding hydrogens is 416 g/mol. The molecule has 0 aromatic heterocycles. The molecule has 176 valence electrons. The minimum atomic E-state index is -1.27. The van der Waals surface area contributed by atoms with E-state index in [1.165, 1.54) is 12.1 Å². The standard InChI is InChI=1S/C22H32N4O6/c27-11-9-23-5-7-25-13-1-2-14(26-8-6-24-10-12-28)18-17(13)21(31)19-15(29)3-4-16(30)20(19)22(18)32/h1-4,21-32H,5-12H2. The molecule has 0 spiro atoms. The van der Waals surface area contributed by atoms with E-state index in [1.807, 2.05) is 0 Å². The molecule has 2 aromatic carbocycles. The van der Waals surface area contributed by atoms with E-state index in [0.717, 1.165) is 0 Å². The molecule has 0 bridgehead atoms. The number of phenolic OH excluding ortho intramolecular Hbond substituents is 2. The zero-order valence-electron chi connectivity index (χ0n) is 17.8. The Morgan fingerprint density at radius 1 is 0.562 bits per heavy atom. The van der Waals surface area contributed by atoms with Gasteiger partial charge in [0.05, 0.1) is 13.2 Å². The molecule has 2 atom stereocenters. The minimum absolute atomic E-state index is 0.0351. The molecule has 2 aromatic rings. The van der Waals surface area contributed by atoms with Gasteiger partial charge in [-0.15, -0.1) is 0 Å². The highest BCUT2D eigenvalue weighted by Crippen LogP contribution is 2.52. The number of rotatable bonds is 12. The molecule has 0 amide bonds. The molecule has 0 radical (unpaired) electrons. The van der Waals surface area contributed by atoms with Crippen molar-refractivity contribution in [2.24, 2.45) is 0 Å². The molecule has 10 heteroatoms. The van der Waals surface area contributed by atoms with E-state index in [-0.39, 0.29) is 35.8 Å². The van der Waals surface area contributed by atoms with Crippen LogP contribution in [0.5, 0.6) is 11.5 Å². The third kappa shape index (κ3) is 5.07. The minimum Gasteiger partial charge on any atom is -0.508 e. The van der Waals surface area contributed by atoms with Gasteiger partial charge in [-0.2, -0.15) is 0 Å². The lowest BCUT2D eigenvalue weighted by molar-refractivity contribution is 0.168. The Kier molecular flexibility index (Phi) is 8.51. The largest absolute Gasteiger partial charge is 0.508 e. The number of hydrogen-bond donors (Lipinski definition) is 10. The number of aliphatic hydroxyl groups excluding tert-OH is 4. The first-order valence-corrected chi connectivity index (χ1v) is 10.7. The fourth-order valence-electron chi connectivity index (χ4n) is 3.99. The van der Waals surface area contributed by atoms with E-state index in [4.69, 9.17) is 10.2 Å². The van der Waals surface area contributed by atoms with Crippen molar-refractivity contribution in [2.45, 2.75) is 12.2 Å². The summed E-state index contributed by atoms with van der Waals surface area (Å²) in [5.41, 5.74) is 2.17. The van der Waals surface area contributed by atoms with Crippen LogP contribution in [0.25, 0.3) is 0 Å². The maximum atomic E-state index is 11.2. The highest BCUT2D eigenvalue weighted by molar-refractivity contribution is 5.74. The SMILES string of the molecule is OCCNCCNc1ccc(NCCNCCO)c2c1C(O)c1c(O)ccc(O)c1C2O. The third-order valence-electron chi connectivity index (χ3n) is 5.43. The zero-order chi connectivity index (χ0) is 23.1. The van der Waals surface area contributed by atoms with Crippen LogP contribution in [0.15, 0.2) is 24.3 Å². The van der Waals surface area contributed by atoms with Crippen LogP contribution in [-0.2, 0) is 0 Å². The van der Waals surface area contributed by atoms with Crippen molar-refractivity contribution in [1.82, 2.24) is 10.6 Å². The van der Waals surface area contributed by atoms with Crippen LogP contribution in [0.3, 0.4) is 0 Å². The number of nitrogens with one attached hydrogen (secondary N) is 4. The molecule has 0 aliphatic heterocycles. The van der Waals surface area contributed by atoms with Gasteiger partial charge in [-0.3, -0.25) is 0 Å². The van der Waals surface area contributed by atoms with Crippen LogP contribution in [0, 0.1) is 0 Å². The van der Waals surface area contributed by atoms with Crippen LogP contribution >= 0.6 is 0 Å². The van der Waals surface area contributed by atoms with Gasteiger partial charge in [-0.1, -0.05) is 0 Å². The summed E-state index contributed by atoms with van der Waals surface area (Å²) in [4.78, 5) is 0. The van der Waals surface area contributed by atoms with Gasteiger partial charge in [0.25, 0.3) is 0 Å². The monoisotopic (exact) mass is 448 g/mol. The average Bonchev–Trinajstić information content (AvgIpc) is 2.78. The molecule has 3 rings (SSSR count). The lowest BCUT2D eigenvalue weighted by Gasteiger charge is -2.33. The van der Waals surface area contributed by atoms with Gasteiger partial charge in [-0.25, -0.2) is 0 Å². The smallest absolute Gasteiger partial charge is 0.122 e. The number of benzene rings is 2. The Bertz CT molecular complexity index is 838. The molecule has 10 nitrogen and oxygen atoms in total. The second kappa shape index (κ2) is 11.3. The number of hydrogen-bond acceptors (Lipinski definition) is 10. The molecular formula is C22H32N4O6. The summed E-state index contributed by atoms with van der Waals surface area (Å²) in [6, 6.07) is 6.15. The van der Waals surface area contributed by atoms with E-state index in [1.54, 1.807) is 12.1 Å². The summed E-state index contributed by atoms with van der Waals surface area (Å²) < 4.78 is 0.